The quantitative estimate of drug-likeness (QED) is 0.454. The molecule has 0 saturated carbocycles. The summed E-state index contributed by atoms with van der Waals surface area (Å²) in [6, 6.07) is 25.3. The summed E-state index contributed by atoms with van der Waals surface area (Å²) < 4.78 is 5.59. The summed E-state index contributed by atoms with van der Waals surface area (Å²) in [5.41, 5.74) is 6.18. The Labute approximate surface area is 147 Å². The molecule has 0 aliphatic carbocycles. The number of halogens is 1. The third-order valence-electron chi connectivity index (χ3n) is 4.18. The van der Waals surface area contributed by atoms with Crippen molar-refractivity contribution in [3.05, 3.63) is 83.9 Å². The van der Waals surface area contributed by atoms with Crippen LogP contribution in [0.5, 0.6) is 5.75 Å². The van der Waals surface area contributed by atoms with Crippen LogP contribution in [0.4, 0.5) is 17.1 Å². The molecular formula is C20H18BrNO. The van der Waals surface area contributed by atoms with Gasteiger partial charge < -0.3 is 9.64 Å². The molecule has 0 amide bonds. The fourth-order valence-corrected chi connectivity index (χ4v) is 3.19. The number of benzene rings is 3. The van der Waals surface area contributed by atoms with Crippen LogP contribution in [-0.2, 0) is 6.42 Å². The second kappa shape index (κ2) is 6.47. The molecule has 0 saturated heterocycles. The topological polar surface area (TPSA) is 12.5 Å². The smallest absolute Gasteiger partial charge is 0.124 e. The van der Waals surface area contributed by atoms with Crippen molar-refractivity contribution in [2.75, 3.05) is 12.0 Å². The summed E-state index contributed by atoms with van der Waals surface area (Å²) >= 11 is 0. The highest BCUT2D eigenvalue weighted by molar-refractivity contribution is 8.93. The Morgan fingerprint density at radius 3 is 2.26 bits per heavy atom. The molecule has 3 heteroatoms. The van der Waals surface area contributed by atoms with Crippen LogP contribution in [0.1, 0.15) is 11.1 Å². The monoisotopic (exact) mass is 367 g/mol. The molecule has 0 radical (unpaired) electrons. The van der Waals surface area contributed by atoms with Gasteiger partial charge in [0, 0.05) is 23.4 Å². The lowest BCUT2D eigenvalue weighted by atomic mass is 9.94. The number of nitrogens with zero attached hydrogens (tertiary/aromatic N) is 1. The van der Waals surface area contributed by atoms with Crippen LogP contribution in [-0.4, -0.2) is 7.11 Å². The van der Waals surface area contributed by atoms with Gasteiger partial charge in [0.1, 0.15) is 5.75 Å². The Bertz CT molecular complexity index is 817. The second-order valence-electron chi connectivity index (χ2n) is 5.43. The Kier molecular flexibility index (Phi) is 4.39. The number of anilines is 3. The highest BCUT2D eigenvalue weighted by Gasteiger charge is 2.25. The van der Waals surface area contributed by atoms with Crippen LogP contribution < -0.4 is 9.64 Å². The number of rotatable bonds is 2. The number of fused-ring (bicyclic) bond motifs is 2. The third kappa shape index (κ3) is 2.62. The van der Waals surface area contributed by atoms with Crippen molar-refractivity contribution in [1.29, 1.82) is 0 Å². The standard InChI is InChI=1S/C20H17NO.BrH/c1-22-20-13-7-12-19-17(20)14-15-8-5-6-11-18(15)21(19)16-9-3-2-4-10-16;/h2-13H,14H2,1H3;1H. The molecular weight excluding hydrogens is 350 g/mol. The van der Waals surface area contributed by atoms with Crippen molar-refractivity contribution in [2.45, 2.75) is 6.42 Å². The third-order valence-corrected chi connectivity index (χ3v) is 4.18. The van der Waals surface area contributed by atoms with Crippen LogP contribution in [0.15, 0.2) is 72.8 Å². The zero-order valence-corrected chi connectivity index (χ0v) is 14.6. The first kappa shape index (κ1) is 15.6. The molecule has 0 unspecified atom stereocenters. The van der Waals surface area contributed by atoms with Crippen molar-refractivity contribution >= 4 is 34.0 Å². The van der Waals surface area contributed by atoms with Gasteiger partial charge in [-0.25, -0.2) is 0 Å². The van der Waals surface area contributed by atoms with Gasteiger partial charge in [-0.3, -0.25) is 0 Å². The first-order valence-electron chi connectivity index (χ1n) is 7.47. The van der Waals surface area contributed by atoms with E-state index in [0.29, 0.717) is 0 Å². The zero-order chi connectivity index (χ0) is 14.9. The van der Waals surface area contributed by atoms with E-state index in [1.807, 2.05) is 12.1 Å². The van der Waals surface area contributed by atoms with E-state index in [9.17, 15) is 0 Å². The predicted octanol–water partition coefficient (Wildman–Crippen LogP) is 5.65. The summed E-state index contributed by atoms with van der Waals surface area (Å²) in [5, 5.41) is 0. The van der Waals surface area contributed by atoms with Gasteiger partial charge in [0.15, 0.2) is 0 Å². The number of ether oxygens (including phenoxy) is 1. The summed E-state index contributed by atoms with van der Waals surface area (Å²) in [5.74, 6) is 0.952. The molecule has 0 fully saturated rings. The lowest BCUT2D eigenvalue weighted by molar-refractivity contribution is 0.410. The molecule has 116 valence electrons. The van der Waals surface area contributed by atoms with Crippen molar-refractivity contribution in [2.24, 2.45) is 0 Å². The molecule has 0 spiro atoms. The first-order chi connectivity index (χ1) is 10.9. The minimum absolute atomic E-state index is 0. The summed E-state index contributed by atoms with van der Waals surface area (Å²) in [7, 11) is 1.74. The first-order valence-corrected chi connectivity index (χ1v) is 7.47. The van der Waals surface area contributed by atoms with Crippen molar-refractivity contribution < 1.29 is 4.74 Å². The largest absolute Gasteiger partial charge is 0.496 e. The van der Waals surface area contributed by atoms with Crippen LogP contribution in [0.25, 0.3) is 0 Å². The van der Waals surface area contributed by atoms with Crippen LogP contribution in [0.3, 0.4) is 0 Å². The highest BCUT2D eigenvalue weighted by Crippen LogP contribution is 2.46. The van der Waals surface area contributed by atoms with Gasteiger partial charge in [-0.1, -0.05) is 42.5 Å². The maximum atomic E-state index is 5.59. The van der Waals surface area contributed by atoms with Gasteiger partial charge in [0.25, 0.3) is 0 Å². The van der Waals surface area contributed by atoms with Gasteiger partial charge in [0.2, 0.25) is 0 Å². The van der Waals surface area contributed by atoms with Crippen molar-refractivity contribution in [1.82, 2.24) is 0 Å². The molecule has 0 N–H and O–H groups in total. The van der Waals surface area contributed by atoms with Gasteiger partial charge in [-0.2, -0.15) is 0 Å². The fourth-order valence-electron chi connectivity index (χ4n) is 3.19. The molecule has 1 heterocycles. The predicted molar refractivity (Wildman–Crippen MR) is 101 cm³/mol. The molecule has 23 heavy (non-hydrogen) atoms. The summed E-state index contributed by atoms with van der Waals surface area (Å²) in [6.07, 6.45) is 0.902. The molecule has 4 rings (SSSR count). The van der Waals surface area contributed by atoms with E-state index in [0.717, 1.165) is 12.2 Å². The number of hydrogen-bond donors (Lipinski definition) is 0. The Balaban J connectivity index is 0.00000156. The molecule has 1 aliphatic rings. The van der Waals surface area contributed by atoms with E-state index in [2.05, 4.69) is 65.6 Å². The SMILES string of the molecule is Br.COc1cccc2c1Cc1ccccc1N2c1ccccc1. The van der Waals surface area contributed by atoms with Crippen LogP contribution >= 0.6 is 17.0 Å². The van der Waals surface area contributed by atoms with E-state index >= 15 is 0 Å². The molecule has 1 aliphatic heterocycles. The number of hydrogen-bond acceptors (Lipinski definition) is 2. The normalized spacial score (nSPS) is 12.0. The lowest BCUT2D eigenvalue weighted by Gasteiger charge is -2.34. The van der Waals surface area contributed by atoms with Crippen LogP contribution in [0, 0.1) is 0 Å². The molecule has 0 atom stereocenters. The Morgan fingerprint density at radius 1 is 0.783 bits per heavy atom. The Morgan fingerprint density at radius 2 is 1.48 bits per heavy atom. The molecule has 2 nitrogen and oxygen atoms in total. The minimum atomic E-state index is 0. The lowest BCUT2D eigenvalue weighted by Crippen LogP contribution is -2.18. The van der Waals surface area contributed by atoms with Crippen LogP contribution in [0.2, 0.25) is 0 Å². The highest BCUT2D eigenvalue weighted by atomic mass is 79.9. The van der Waals surface area contributed by atoms with Crippen molar-refractivity contribution in [3.8, 4) is 5.75 Å². The van der Waals surface area contributed by atoms with E-state index in [-0.39, 0.29) is 17.0 Å². The maximum absolute atomic E-state index is 5.59. The number of methoxy groups -OCH3 is 1. The average molecular weight is 368 g/mol. The average Bonchev–Trinajstić information content (AvgIpc) is 2.60. The van der Waals surface area contributed by atoms with Crippen molar-refractivity contribution in [3.63, 3.8) is 0 Å². The molecule has 3 aromatic carbocycles. The number of para-hydroxylation sites is 2. The molecule has 0 aromatic heterocycles. The molecule has 3 aromatic rings. The second-order valence-corrected chi connectivity index (χ2v) is 5.43. The molecule has 0 bridgehead atoms. The van der Waals surface area contributed by atoms with Gasteiger partial charge in [-0.05, 0) is 35.9 Å². The van der Waals surface area contributed by atoms with Gasteiger partial charge in [-0.15, -0.1) is 17.0 Å². The summed E-state index contributed by atoms with van der Waals surface area (Å²) in [4.78, 5) is 2.32. The van der Waals surface area contributed by atoms with E-state index in [4.69, 9.17) is 4.74 Å². The van der Waals surface area contributed by atoms with Gasteiger partial charge in [0.05, 0.1) is 12.8 Å². The van der Waals surface area contributed by atoms with E-state index in [1.165, 1.54) is 28.2 Å². The zero-order valence-electron chi connectivity index (χ0n) is 12.9. The Hall–Kier alpha value is -2.26. The maximum Gasteiger partial charge on any atom is 0.124 e. The van der Waals surface area contributed by atoms with E-state index in [1.54, 1.807) is 7.11 Å². The fraction of sp³-hybridized carbons (Fsp3) is 0.100. The minimum Gasteiger partial charge on any atom is -0.496 e. The van der Waals surface area contributed by atoms with E-state index < -0.39 is 0 Å². The summed E-state index contributed by atoms with van der Waals surface area (Å²) in [6.45, 7) is 0. The van der Waals surface area contributed by atoms with Gasteiger partial charge >= 0.3 is 0 Å².